The third-order valence-corrected chi connectivity index (χ3v) is 6.70. The van der Waals surface area contributed by atoms with E-state index < -0.39 is 0 Å². The van der Waals surface area contributed by atoms with Gasteiger partial charge < -0.3 is 9.47 Å². The molecule has 3 heterocycles. The van der Waals surface area contributed by atoms with E-state index in [0.717, 1.165) is 58.7 Å². The average Bonchev–Trinajstić information content (AvgIpc) is 3.23. The maximum absolute atomic E-state index is 13.1. The van der Waals surface area contributed by atoms with E-state index in [9.17, 15) is 4.79 Å². The first-order chi connectivity index (χ1) is 13.2. The highest BCUT2D eigenvalue weighted by atomic mass is 16.5. The molecule has 0 saturated carbocycles. The second kappa shape index (κ2) is 8.29. The zero-order valence-corrected chi connectivity index (χ0v) is 16.4. The molecule has 3 aliphatic heterocycles. The number of ether oxygens (including phenoxy) is 2. The minimum Gasteiger partial charge on any atom is -0.466 e. The van der Waals surface area contributed by atoms with Gasteiger partial charge in [-0.2, -0.15) is 0 Å². The Morgan fingerprint density at radius 2 is 1.96 bits per heavy atom. The standard InChI is InChI=1S/C22H32N2O3/c1-2-27-21(25)22(16-18-6-4-3-5-7-18)17-19-8-9-20(22)24(19)11-10-23-12-14-26-15-13-23/h3-7,19-20H,2,8-17H2,1H3/t19-,20+,22+/m1/s1. The van der Waals surface area contributed by atoms with Crippen molar-refractivity contribution < 1.29 is 14.3 Å². The Balaban J connectivity index is 1.50. The van der Waals surface area contributed by atoms with E-state index in [4.69, 9.17) is 9.47 Å². The summed E-state index contributed by atoms with van der Waals surface area (Å²) in [6.07, 6.45) is 4.06. The van der Waals surface area contributed by atoms with Crippen LogP contribution in [-0.4, -0.2) is 73.9 Å². The molecule has 4 rings (SSSR count). The predicted octanol–water partition coefficient (Wildman–Crippen LogP) is 2.35. The summed E-state index contributed by atoms with van der Waals surface area (Å²) in [6.45, 7) is 8.22. The van der Waals surface area contributed by atoms with Gasteiger partial charge in [0.2, 0.25) is 0 Å². The van der Waals surface area contributed by atoms with E-state index in [1.165, 1.54) is 12.0 Å². The number of carbonyl (C=O) groups excluding carboxylic acids is 1. The molecule has 5 heteroatoms. The molecule has 3 aliphatic rings. The van der Waals surface area contributed by atoms with Crippen LogP contribution >= 0.6 is 0 Å². The molecule has 0 radical (unpaired) electrons. The molecule has 0 spiro atoms. The van der Waals surface area contributed by atoms with Gasteiger partial charge in [0.05, 0.1) is 25.2 Å². The van der Waals surface area contributed by atoms with E-state index in [0.29, 0.717) is 18.7 Å². The average molecular weight is 373 g/mol. The second-order valence-corrected chi connectivity index (χ2v) is 8.18. The van der Waals surface area contributed by atoms with Crippen LogP contribution in [0.1, 0.15) is 31.7 Å². The molecule has 0 aliphatic carbocycles. The van der Waals surface area contributed by atoms with Gasteiger partial charge in [0.25, 0.3) is 0 Å². The molecule has 1 aromatic carbocycles. The Hall–Kier alpha value is -1.43. The molecule has 2 bridgehead atoms. The molecule has 3 fully saturated rings. The Labute approximate surface area is 162 Å². The summed E-state index contributed by atoms with van der Waals surface area (Å²) in [4.78, 5) is 18.2. The van der Waals surface area contributed by atoms with Crippen molar-refractivity contribution in [3.05, 3.63) is 35.9 Å². The lowest BCUT2D eigenvalue weighted by atomic mass is 9.70. The third kappa shape index (κ3) is 3.78. The topological polar surface area (TPSA) is 42.0 Å². The van der Waals surface area contributed by atoms with Gasteiger partial charge in [0.1, 0.15) is 0 Å². The highest BCUT2D eigenvalue weighted by molar-refractivity contribution is 5.79. The van der Waals surface area contributed by atoms with Crippen molar-refractivity contribution in [2.75, 3.05) is 46.0 Å². The van der Waals surface area contributed by atoms with Crippen LogP contribution < -0.4 is 0 Å². The van der Waals surface area contributed by atoms with Gasteiger partial charge in [-0.05, 0) is 38.2 Å². The molecule has 1 aromatic rings. The lowest BCUT2D eigenvalue weighted by molar-refractivity contribution is -0.157. The first-order valence-corrected chi connectivity index (χ1v) is 10.5. The monoisotopic (exact) mass is 372 g/mol. The number of carbonyl (C=O) groups is 1. The molecule has 27 heavy (non-hydrogen) atoms. The van der Waals surface area contributed by atoms with E-state index in [2.05, 4.69) is 34.1 Å². The normalized spacial score (nSPS) is 31.3. The first-order valence-electron chi connectivity index (χ1n) is 10.5. The number of esters is 1. The Bertz CT molecular complexity index is 632. The van der Waals surface area contributed by atoms with Gasteiger partial charge in [0, 0.05) is 38.3 Å². The van der Waals surface area contributed by atoms with Crippen LogP contribution in [0.5, 0.6) is 0 Å². The number of rotatable bonds is 7. The van der Waals surface area contributed by atoms with Crippen LogP contribution in [0.2, 0.25) is 0 Å². The highest BCUT2D eigenvalue weighted by Gasteiger charge is 2.60. The van der Waals surface area contributed by atoms with Gasteiger partial charge >= 0.3 is 5.97 Å². The van der Waals surface area contributed by atoms with Crippen molar-refractivity contribution in [1.82, 2.24) is 9.80 Å². The van der Waals surface area contributed by atoms with Crippen LogP contribution in [-0.2, 0) is 20.7 Å². The summed E-state index contributed by atoms with van der Waals surface area (Å²) >= 11 is 0. The fraction of sp³-hybridized carbons (Fsp3) is 0.682. The molecule has 0 N–H and O–H groups in total. The molecule has 0 amide bonds. The lowest BCUT2D eigenvalue weighted by Gasteiger charge is -2.36. The Kier molecular flexibility index (Phi) is 5.81. The van der Waals surface area contributed by atoms with Crippen molar-refractivity contribution in [2.24, 2.45) is 5.41 Å². The maximum Gasteiger partial charge on any atom is 0.314 e. The van der Waals surface area contributed by atoms with E-state index >= 15 is 0 Å². The molecule has 3 atom stereocenters. The SMILES string of the molecule is CCOC(=O)[C@@]1(Cc2ccccc2)C[C@H]2CC[C@@H]1N2CCN1CCOCC1. The molecular weight excluding hydrogens is 340 g/mol. The van der Waals surface area contributed by atoms with Crippen molar-refractivity contribution in [2.45, 2.75) is 44.7 Å². The fourth-order valence-corrected chi connectivity index (χ4v) is 5.44. The maximum atomic E-state index is 13.1. The molecule has 148 valence electrons. The van der Waals surface area contributed by atoms with Gasteiger partial charge in [-0.1, -0.05) is 30.3 Å². The third-order valence-electron chi connectivity index (χ3n) is 6.70. The number of fused-ring (bicyclic) bond motifs is 2. The molecular formula is C22H32N2O3. The van der Waals surface area contributed by atoms with Gasteiger partial charge in [-0.15, -0.1) is 0 Å². The lowest BCUT2D eigenvalue weighted by Crippen LogP contribution is -2.48. The predicted molar refractivity (Wildman–Crippen MR) is 105 cm³/mol. The second-order valence-electron chi connectivity index (χ2n) is 8.18. The largest absolute Gasteiger partial charge is 0.466 e. The summed E-state index contributed by atoms with van der Waals surface area (Å²) in [7, 11) is 0. The Morgan fingerprint density at radius 3 is 2.70 bits per heavy atom. The number of nitrogens with zero attached hydrogens (tertiary/aromatic N) is 2. The summed E-state index contributed by atoms with van der Waals surface area (Å²) in [5.74, 6) is 0.0115. The number of morpholine rings is 1. The van der Waals surface area contributed by atoms with Crippen LogP contribution in [0.3, 0.4) is 0 Å². The van der Waals surface area contributed by atoms with Crippen LogP contribution in [0.4, 0.5) is 0 Å². The zero-order chi connectivity index (χ0) is 18.7. The molecule has 0 aromatic heterocycles. The van der Waals surface area contributed by atoms with Gasteiger partial charge in [-0.25, -0.2) is 0 Å². The smallest absolute Gasteiger partial charge is 0.314 e. The summed E-state index contributed by atoms with van der Waals surface area (Å²) in [5.41, 5.74) is 0.858. The number of hydrogen-bond acceptors (Lipinski definition) is 5. The van der Waals surface area contributed by atoms with Crippen molar-refractivity contribution in [3.63, 3.8) is 0 Å². The highest BCUT2D eigenvalue weighted by Crippen LogP contribution is 2.52. The molecule has 5 nitrogen and oxygen atoms in total. The minimum atomic E-state index is -0.384. The molecule has 3 saturated heterocycles. The van der Waals surface area contributed by atoms with E-state index in [-0.39, 0.29) is 11.4 Å². The molecule has 0 unspecified atom stereocenters. The summed E-state index contributed by atoms with van der Waals surface area (Å²) in [5, 5.41) is 0. The van der Waals surface area contributed by atoms with Crippen molar-refractivity contribution >= 4 is 5.97 Å². The van der Waals surface area contributed by atoms with Crippen molar-refractivity contribution in [1.29, 1.82) is 0 Å². The number of benzene rings is 1. The van der Waals surface area contributed by atoms with E-state index in [1.54, 1.807) is 0 Å². The minimum absolute atomic E-state index is 0.0115. The van der Waals surface area contributed by atoms with Crippen molar-refractivity contribution in [3.8, 4) is 0 Å². The summed E-state index contributed by atoms with van der Waals surface area (Å²) < 4.78 is 11.1. The first kappa shape index (κ1) is 18.9. The van der Waals surface area contributed by atoms with Gasteiger partial charge in [0.15, 0.2) is 0 Å². The quantitative estimate of drug-likeness (QED) is 0.688. The fourth-order valence-electron chi connectivity index (χ4n) is 5.44. The van der Waals surface area contributed by atoms with Crippen LogP contribution in [0.15, 0.2) is 30.3 Å². The van der Waals surface area contributed by atoms with Crippen LogP contribution in [0.25, 0.3) is 0 Å². The van der Waals surface area contributed by atoms with Gasteiger partial charge in [-0.3, -0.25) is 14.6 Å². The zero-order valence-electron chi connectivity index (χ0n) is 16.4. The van der Waals surface area contributed by atoms with Crippen LogP contribution in [0, 0.1) is 5.41 Å². The number of hydrogen-bond donors (Lipinski definition) is 0. The Morgan fingerprint density at radius 1 is 1.19 bits per heavy atom. The van der Waals surface area contributed by atoms with E-state index in [1.807, 2.05) is 13.0 Å². The summed E-state index contributed by atoms with van der Waals surface area (Å²) in [6, 6.07) is 11.3.